The Morgan fingerprint density at radius 3 is 2.69 bits per heavy atom. The van der Waals surface area contributed by atoms with Gasteiger partial charge in [-0.25, -0.2) is 8.42 Å². The smallest absolute Gasteiger partial charge is 0.185 e. The summed E-state index contributed by atoms with van der Waals surface area (Å²) in [5.41, 5.74) is 3.01. The molecule has 0 bridgehead atoms. The van der Waals surface area contributed by atoms with Gasteiger partial charge in [-0.3, -0.25) is 9.48 Å². The summed E-state index contributed by atoms with van der Waals surface area (Å²) < 4.78 is 36.6. The fourth-order valence-electron chi connectivity index (χ4n) is 3.81. The number of carbonyl (C=O) groups is 1. The molecule has 2 aliphatic heterocycles. The highest BCUT2D eigenvalue weighted by molar-refractivity contribution is 7.91. The normalized spacial score (nSPS) is 20.7. The van der Waals surface area contributed by atoms with E-state index in [0.717, 1.165) is 23.4 Å². The van der Waals surface area contributed by atoms with Crippen molar-refractivity contribution in [2.45, 2.75) is 32.7 Å². The molecule has 0 saturated carbocycles. The molecule has 2 aromatic rings. The number of carbonyl (C=O) groups excluding carboxylic acids is 1. The van der Waals surface area contributed by atoms with Gasteiger partial charge in [-0.1, -0.05) is 0 Å². The molecule has 1 saturated heterocycles. The Bertz CT molecular complexity index is 1080. The maximum atomic E-state index is 12.7. The summed E-state index contributed by atoms with van der Waals surface area (Å²) in [5, 5.41) is 4.53. The Hall–Kier alpha value is -2.61. The van der Waals surface area contributed by atoms with Crippen LogP contribution in [0.25, 0.3) is 6.08 Å². The van der Waals surface area contributed by atoms with Crippen molar-refractivity contribution in [3.05, 3.63) is 46.8 Å². The summed E-state index contributed by atoms with van der Waals surface area (Å²) in [5.74, 6) is 1.42. The molecular formula is C21H24N2O5S. The lowest BCUT2D eigenvalue weighted by Gasteiger charge is -2.10. The van der Waals surface area contributed by atoms with Gasteiger partial charge in [-0.2, -0.15) is 5.10 Å². The molecule has 1 fully saturated rings. The Morgan fingerprint density at radius 2 is 1.97 bits per heavy atom. The van der Waals surface area contributed by atoms with E-state index in [0.29, 0.717) is 36.7 Å². The van der Waals surface area contributed by atoms with Gasteiger partial charge in [-0.05, 0) is 50.6 Å². The summed E-state index contributed by atoms with van der Waals surface area (Å²) in [6.45, 7) is 4.94. The van der Waals surface area contributed by atoms with Gasteiger partial charge in [0.2, 0.25) is 0 Å². The van der Waals surface area contributed by atoms with Crippen molar-refractivity contribution < 1.29 is 22.7 Å². The average molecular weight is 416 g/mol. The number of hydrogen-bond donors (Lipinski definition) is 0. The SMILES string of the molecule is Cc1nn([C@H]2CCS(=O)(=O)C2)c(C)c1/C=C/C(=O)c1ccc2c(c1)OCCCO2. The highest BCUT2D eigenvalue weighted by Gasteiger charge is 2.31. The Labute approximate surface area is 170 Å². The largest absolute Gasteiger partial charge is 0.490 e. The van der Waals surface area contributed by atoms with E-state index in [1.54, 1.807) is 29.0 Å². The number of allylic oxidation sites excluding steroid dienone is 1. The second-order valence-electron chi connectivity index (χ2n) is 7.50. The molecule has 0 amide bonds. The maximum Gasteiger partial charge on any atom is 0.185 e. The van der Waals surface area contributed by atoms with Crippen molar-refractivity contribution in [1.82, 2.24) is 9.78 Å². The lowest BCUT2D eigenvalue weighted by Crippen LogP contribution is -2.13. The number of nitrogens with zero attached hydrogens (tertiary/aromatic N) is 2. The van der Waals surface area contributed by atoms with Crippen LogP contribution in [0.5, 0.6) is 11.5 Å². The first kappa shape index (κ1) is 19.7. The van der Waals surface area contributed by atoms with Crippen molar-refractivity contribution >= 4 is 21.7 Å². The van der Waals surface area contributed by atoms with Crippen LogP contribution in [-0.2, 0) is 9.84 Å². The van der Waals surface area contributed by atoms with E-state index in [1.165, 1.54) is 6.08 Å². The molecule has 0 radical (unpaired) electrons. The first-order valence-electron chi connectivity index (χ1n) is 9.72. The lowest BCUT2D eigenvalue weighted by atomic mass is 10.1. The highest BCUT2D eigenvalue weighted by atomic mass is 32.2. The second-order valence-corrected chi connectivity index (χ2v) is 9.72. The van der Waals surface area contributed by atoms with E-state index >= 15 is 0 Å². The van der Waals surface area contributed by atoms with E-state index in [2.05, 4.69) is 5.10 Å². The Kier molecular flexibility index (Phi) is 5.21. The first-order chi connectivity index (χ1) is 13.8. The number of hydrogen-bond acceptors (Lipinski definition) is 6. The topological polar surface area (TPSA) is 87.5 Å². The van der Waals surface area contributed by atoms with Crippen LogP contribution in [0.3, 0.4) is 0 Å². The van der Waals surface area contributed by atoms with Crippen molar-refractivity contribution in [3.8, 4) is 11.5 Å². The molecule has 8 heteroatoms. The number of sulfone groups is 1. The van der Waals surface area contributed by atoms with Crippen LogP contribution in [0.4, 0.5) is 0 Å². The number of benzene rings is 1. The van der Waals surface area contributed by atoms with E-state index < -0.39 is 9.84 Å². The van der Waals surface area contributed by atoms with E-state index in [9.17, 15) is 13.2 Å². The third kappa shape index (κ3) is 4.07. The van der Waals surface area contributed by atoms with Gasteiger partial charge in [0, 0.05) is 23.2 Å². The van der Waals surface area contributed by atoms with Gasteiger partial charge in [-0.15, -0.1) is 0 Å². The monoisotopic (exact) mass is 416 g/mol. The molecule has 1 aromatic heterocycles. The van der Waals surface area contributed by atoms with Gasteiger partial charge in [0.05, 0.1) is 36.5 Å². The van der Waals surface area contributed by atoms with Crippen molar-refractivity contribution in [2.24, 2.45) is 0 Å². The summed E-state index contributed by atoms with van der Waals surface area (Å²) in [7, 11) is -2.99. The molecule has 1 aromatic carbocycles. The average Bonchev–Trinajstić information content (AvgIpc) is 3.06. The molecule has 0 spiro atoms. The summed E-state index contributed by atoms with van der Waals surface area (Å²) >= 11 is 0. The van der Waals surface area contributed by atoms with E-state index in [4.69, 9.17) is 9.47 Å². The number of aryl methyl sites for hydroxylation is 1. The van der Waals surface area contributed by atoms with Crippen molar-refractivity contribution in [3.63, 3.8) is 0 Å². The molecule has 7 nitrogen and oxygen atoms in total. The molecule has 1 atom stereocenters. The third-order valence-electron chi connectivity index (χ3n) is 5.37. The maximum absolute atomic E-state index is 12.7. The van der Waals surface area contributed by atoms with Crippen LogP contribution in [0, 0.1) is 13.8 Å². The molecule has 154 valence electrons. The highest BCUT2D eigenvalue weighted by Crippen LogP contribution is 2.31. The van der Waals surface area contributed by atoms with Crippen LogP contribution in [0.2, 0.25) is 0 Å². The summed E-state index contributed by atoms with van der Waals surface area (Å²) in [6.07, 6.45) is 4.65. The van der Waals surface area contributed by atoms with Gasteiger partial charge in [0.15, 0.2) is 27.1 Å². The summed E-state index contributed by atoms with van der Waals surface area (Å²) in [4.78, 5) is 12.7. The molecular weight excluding hydrogens is 392 g/mol. The minimum atomic E-state index is -2.99. The van der Waals surface area contributed by atoms with Crippen LogP contribution >= 0.6 is 0 Å². The zero-order valence-corrected chi connectivity index (χ0v) is 17.4. The third-order valence-corrected chi connectivity index (χ3v) is 7.12. The zero-order valence-electron chi connectivity index (χ0n) is 16.6. The number of rotatable bonds is 4. The van der Waals surface area contributed by atoms with E-state index in [-0.39, 0.29) is 23.3 Å². The molecule has 3 heterocycles. The van der Waals surface area contributed by atoms with Crippen LogP contribution < -0.4 is 9.47 Å². The second kappa shape index (κ2) is 7.67. The fraction of sp³-hybridized carbons (Fsp3) is 0.429. The molecule has 0 N–H and O–H groups in total. The summed E-state index contributed by atoms with van der Waals surface area (Å²) in [6, 6.07) is 5.06. The van der Waals surface area contributed by atoms with Crippen LogP contribution in [-0.4, -0.2) is 48.7 Å². The van der Waals surface area contributed by atoms with Crippen LogP contribution in [0.15, 0.2) is 24.3 Å². The standard InChI is InChI=1S/C21H24N2O5S/c1-14-18(15(2)23(22-14)17-8-11-29(25,26)13-17)5-6-19(24)16-4-7-20-21(12-16)28-10-3-9-27-20/h4-7,12,17H,3,8-11,13H2,1-2H3/b6-5+/t17-/m0/s1. The molecule has 0 aliphatic carbocycles. The van der Waals surface area contributed by atoms with Crippen LogP contribution in [0.1, 0.15) is 46.2 Å². The lowest BCUT2D eigenvalue weighted by molar-refractivity contribution is 0.104. The number of fused-ring (bicyclic) bond motifs is 1. The molecule has 4 rings (SSSR count). The predicted octanol–water partition coefficient (Wildman–Crippen LogP) is 2.92. The number of aromatic nitrogens is 2. The molecule has 2 aliphatic rings. The van der Waals surface area contributed by atoms with Gasteiger partial charge >= 0.3 is 0 Å². The number of ether oxygens (including phenoxy) is 2. The molecule has 29 heavy (non-hydrogen) atoms. The quantitative estimate of drug-likeness (QED) is 0.563. The fourth-order valence-corrected chi connectivity index (χ4v) is 5.50. The van der Waals surface area contributed by atoms with Crippen molar-refractivity contribution in [1.29, 1.82) is 0 Å². The minimum absolute atomic E-state index is 0.119. The van der Waals surface area contributed by atoms with Gasteiger partial charge in [0.25, 0.3) is 0 Å². The zero-order chi connectivity index (χ0) is 20.6. The van der Waals surface area contributed by atoms with E-state index in [1.807, 2.05) is 13.8 Å². The first-order valence-corrected chi connectivity index (χ1v) is 11.5. The predicted molar refractivity (Wildman–Crippen MR) is 109 cm³/mol. The van der Waals surface area contributed by atoms with Crippen molar-refractivity contribution in [2.75, 3.05) is 24.7 Å². The Morgan fingerprint density at radius 1 is 1.21 bits per heavy atom. The van der Waals surface area contributed by atoms with Gasteiger partial charge in [0.1, 0.15) is 0 Å². The minimum Gasteiger partial charge on any atom is -0.490 e. The number of ketones is 1. The van der Waals surface area contributed by atoms with Gasteiger partial charge < -0.3 is 9.47 Å². The Balaban J connectivity index is 1.55. The molecule has 0 unspecified atom stereocenters.